The Balaban J connectivity index is 2.14. The zero-order valence-electron chi connectivity index (χ0n) is 15.0. The number of hydrogen-bond acceptors (Lipinski definition) is 6. The van der Waals surface area contributed by atoms with Crippen LogP contribution in [0.25, 0.3) is 0 Å². The summed E-state index contributed by atoms with van der Waals surface area (Å²) in [5.74, 6) is -1.19. The van der Waals surface area contributed by atoms with E-state index in [0.717, 1.165) is 22.3 Å². The van der Waals surface area contributed by atoms with Gasteiger partial charge >= 0.3 is 17.9 Å². The molecule has 0 amide bonds. The summed E-state index contributed by atoms with van der Waals surface area (Å²) in [6.45, 7) is 8.29. The first-order valence-corrected chi connectivity index (χ1v) is 8.39. The molecular formula is C19H22O6. The predicted molar refractivity (Wildman–Crippen MR) is 88.0 cm³/mol. The van der Waals surface area contributed by atoms with Gasteiger partial charge in [-0.15, -0.1) is 0 Å². The topological polar surface area (TPSA) is 78.9 Å². The molecule has 6 heteroatoms. The quantitative estimate of drug-likeness (QED) is 0.605. The van der Waals surface area contributed by atoms with Crippen molar-refractivity contribution in [3.05, 3.63) is 28.3 Å². The largest absolute Gasteiger partial charge is 0.462 e. The van der Waals surface area contributed by atoms with Gasteiger partial charge in [0, 0.05) is 25.8 Å². The molecule has 4 atom stereocenters. The smallest absolute Gasteiger partial charge is 0.309 e. The monoisotopic (exact) mass is 346 g/mol. The maximum atomic E-state index is 12.2. The minimum absolute atomic E-state index is 0.241. The van der Waals surface area contributed by atoms with E-state index in [4.69, 9.17) is 14.2 Å². The number of carbonyl (C=O) groups excluding carboxylic acids is 3. The van der Waals surface area contributed by atoms with Crippen molar-refractivity contribution in [2.45, 2.75) is 53.2 Å². The zero-order valence-corrected chi connectivity index (χ0v) is 15.0. The molecule has 1 fully saturated rings. The minimum atomic E-state index is -0.496. The Hall–Kier alpha value is -2.37. The SMILES string of the molecule is CC(=O)Oc1cc(C)c2c(c1C)[C@@H]1OC(=O)[C@@H](C)[C@@H]1[C@H](OC(C)=O)C2. The minimum Gasteiger partial charge on any atom is -0.462 e. The molecule has 0 N–H and O–H groups in total. The lowest BCUT2D eigenvalue weighted by molar-refractivity contribution is -0.151. The number of fused-ring (bicyclic) bond motifs is 3. The van der Waals surface area contributed by atoms with Crippen LogP contribution in [0.3, 0.4) is 0 Å². The van der Waals surface area contributed by atoms with Crippen LogP contribution in [0, 0.1) is 25.7 Å². The first-order chi connectivity index (χ1) is 11.7. The average Bonchev–Trinajstić information content (AvgIpc) is 2.79. The van der Waals surface area contributed by atoms with E-state index >= 15 is 0 Å². The average molecular weight is 346 g/mol. The number of benzene rings is 1. The summed E-state index contributed by atoms with van der Waals surface area (Å²) in [6, 6.07) is 1.81. The summed E-state index contributed by atoms with van der Waals surface area (Å²) >= 11 is 0. The molecule has 1 saturated heterocycles. The van der Waals surface area contributed by atoms with Crippen LogP contribution in [-0.4, -0.2) is 24.0 Å². The predicted octanol–water partition coefficient (Wildman–Crippen LogP) is 2.57. The van der Waals surface area contributed by atoms with Gasteiger partial charge in [-0.25, -0.2) is 0 Å². The molecule has 1 aliphatic heterocycles. The van der Waals surface area contributed by atoms with Crippen LogP contribution in [0.5, 0.6) is 5.75 Å². The van der Waals surface area contributed by atoms with E-state index in [0.29, 0.717) is 12.2 Å². The summed E-state index contributed by atoms with van der Waals surface area (Å²) in [7, 11) is 0. The first-order valence-electron chi connectivity index (χ1n) is 8.39. The van der Waals surface area contributed by atoms with E-state index in [9.17, 15) is 14.4 Å². The molecule has 0 bridgehead atoms. The van der Waals surface area contributed by atoms with Crippen molar-refractivity contribution < 1.29 is 28.6 Å². The summed E-state index contributed by atoms with van der Waals surface area (Å²) in [6.07, 6.45) is -0.386. The van der Waals surface area contributed by atoms with E-state index in [2.05, 4.69) is 0 Å². The van der Waals surface area contributed by atoms with Gasteiger partial charge in [-0.1, -0.05) is 6.92 Å². The van der Waals surface area contributed by atoms with Crippen molar-refractivity contribution in [3.63, 3.8) is 0 Å². The molecule has 0 unspecified atom stereocenters. The highest BCUT2D eigenvalue weighted by Crippen LogP contribution is 2.50. The molecule has 0 radical (unpaired) electrons. The van der Waals surface area contributed by atoms with Gasteiger partial charge < -0.3 is 14.2 Å². The van der Waals surface area contributed by atoms with Gasteiger partial charge in [0.05, 0.1) is 11.8 Å². The second kappa shape index (κ2) is 6.17. The molecular weight excluding hydrogens is 324 g/mol. The van der Waals surface area contributed by atoms with E-state index in [1.54, 1.807) is 13.0 Å². The van der Waals surface area contributed by atoms with Crippen molar-refractivity contribution in [2.24, 2.45) is 11.8 Å². The molecule has 2 aliphatic rings. The first kappa shape index (κ1) is 17.5. The summed E-state index contributed by atoms with van der Waals surface area (Å²) in [4.78, 5) is 35.1. The zero-order chi connectivity index (χ0) is 18.5. The number of esters is 3. The fraction of sp³-hybridized carbons (Fsp3) is 0.526. The Morgan fingerprint density at radius 1 is 1.20 bits per heavy atom. The van der Waals surface area contributed by atoms with Crippen molar-refractivity contribution >= 4 is 17.9 Å². The molecule has 1 aliphatic carbocycles. The normalized spacial score (nSPS) is 27.2. The van der Waals surface area contributed by atoms with Gasteiger partial charge in [0.1, 0.15) is 18.0 Å². The highest BCUT2D eigenvalue weighted by Gasteiger charge is 2.52. The third-order valence-corrected chi connectivity index (χ3v) is 5.15. The highest BCUT2D eigenvalue weighted by atomic mass is 16.6. The van der Waals surface area contributed by atoms with Gasteiger partial charge in [0.15, 0.2) is 0 Å². The maximum Gasteiger partial charge on any atom is 0.309 e. The van der Waals surface area contributed by atoms with Gasteiger partial charge in [0.2, 0.25) is 0 Å². The van der Waals surface area contributed by atoms with Crippen molar-refractivity contribution in [2.75, 3.05) is 0 Å². The van der Waals surface area contributed by atoms with E-state index in [1.165, 1.54) is 13.8 Å². The van der Waals surface area contributed by atoms with Crippen molar-refractivity contribution in [1.29, 1.82) is 0 Å². The van der Waals surface area contributed by atoms with Gasteiger partial charge in [-0.05, 0) is 36.6 Å². The van der Waals surface area contributed by atoms with Crippen LogP contribution in [0.15, 0.2) is 6.07 Å². The van der Waals surface area contributed by atoms with Crippen LogP contribution < -0.4 is 4.74 Å². The van der Waals surface area contributed by atoms with Crippen LogP contribution in [0.2, 0.25) is 0 Å². The Morgan fingerprint density at radius 3 is 2.48 bits per heavy atom. The van der Waals surface area contributed by atoms with E-state index < -0.39 is 18.2 Å². The summed E-state index contributed by atoms with van der Waals surface area (Å²) in [5, 5.41) is 0. The molecule has 0 spiro atoms. The number of hydrogen-bond donors (Lipinski definition) is 0. The number of rotatable bonds is 2. The molecule has 0 aromatic heterocycles. The molecule has 6 nitrogen and oxygen atoms in total. The number of carbonyl (C=O) groups is 3. The molecule has 25 heavy (non-hydrogen) atoms. The van der Waals surface area contributed by atoms with Gasteiger partial charge in [-0.2, -0.15) is 0 Å². The standard InChI is InChI=1S/C19H22O6/c1-8-6-14(23-11(4)20)9(2)16-13(8)7-15(24-12(5)21)17-10(3)19(22)25-18(16)17/h6,10,15,17-18H,7H2,1-5H3/t10-,15+,17+,18-/m0/s1. The van der Waals surface area contributed by atoms with Crippen LogP contribution in [0.1, 0.15) is 49.1 Å². The van der Waals surface area contributed by atoms with Gasteiger partial charge in [0.25, 0.3) is 0 Å². The fourth-order valence-electron chi connectivity index (χ4n) is 4.05. The number of ether oxygens (including phenoxy) is 3. The lowest BCUT2D eigenvalue weighted by atomic mass is 9.72. The van der Waals surface area contributed by atoms with Crippen molar-refractivity contribution in [3.8, 4) is 5.75 Å². The second-order valence-corrected chi connectivity index (χ2v) is 6.88. The second-order valence-electron chi connectivity index (χ2n) is 6.88. The molecule has 1 aromatic rings. The Bertz CT molecular complexity index is 766. The summed E-state index contributed by atoms with van der Waals surface area (Å²) < 4.78 is 16.5. The molecule has 0 saturated carbocycles. The van der Waals surface area contributed by atoms with Gasteiger partial charge in [-0.3, -0.25) is 14.4 Å². The molecule has 3 rings (SSSR count). The fourth-order valence-corrected chi connectivity index (χ4v) is 4.05. The van der Waals surface area contributed by atoms with Crippen LogP contribution >= 0.6 is 0 Å². The molecule has 134 valence electrons. The summed E-state index contributed by atoms with van der Waals surface area (Å²) in [5.41, 5.74) is 3.57. The lowest BCUT2D eigenvalue weighted by Crippen LogP contribution is -2.38. The third-order valence-electron chi connectivity index (χ3n) is 5.15. The Kier molecular flexibility index (Phi) is 4.31. The van der Waals surface area contributed by atoms with Crippen LogP contribution in [-0.2, 0) is 30.3 Å². The Morgan fingerprint density at radius 2 is 1.88 bits per heavy atom. The maximum absolute atomic E-state index is 12.2. The lowest BCUT2D eigenvalue weighted by Gasteiger charge is -2.36. The highest BCUT2D eigenvalue weighted by molar-refractivity contribution is 5.77. The van der Waals surface area contributed by atoms with Crippen molar-refractivity contribution in [1.82, 2.24) is 0 Å². The third kappa shape index (κ3) is 2.90. The molecule has 1 aromatic carbocycles. The van der Waals surface area contributed by atoms with E-state index in [1.807, 2.05) is 13.8 Å². The number of aryl methyl sites for hydroxylation is 1. The Labute approximate surface area is 146 Å². The van der Waals surface area contributed by atoms with Crippen LogP contribution in [0.4, 0.5) is 0 Å². The molecule has 1 heterocycles. The van der Waals surface area contributed by atoms with E-state index in [-0.39, 0.29) is 23.8 Å².